The van der Waals surface area contributed by atoms with Gasteiger partial charge in [0.05, 0.1) is 5.56 Å². The number of carbonyl (C=O) groups excluding carboxylic acids is 1. The Morgan fingerprint density at radius 3 is 2.69 bits per heavy atom. The van der Waals surface area contributed by atoms with E-state index in [4.69, 9.17) is 0 Å². The SMILES string of the molecule is O=C(Nc1ccc(F)c(F)c1)c1ccc(NCCC2=CCCCC2)nc1. The molecule has 0 saturated carbocycles. The molecule has 0 atom stereocenters. The average molecular weight is 357 g/mol. The molecule has 0 fully saturated rings. The first-order valence-corrected chi connectivity index (χ1v) is 8.76. The lowest BCUT2D eigenvalue weighted by Crippen LogP contribution is -2.13. The van der Waals surface area contributed by atoms with E-state index in [2.05, 4.69) is 21.7 Å². The third-order valence-corrected chi connectivity index (χ3v) is 4.34. The number of aromatic nitrogens is 1. The van der Waals surface area contributed by atoms with Crippen LogP contribution in [0.4, 0.5) is 20.3 Å². The van der Waals surface area contributed by atoms with Crippen LogP contribution in [0, 0.1) is 11.6 Å². The van der Waals surface area contributed by atoms with Crippen LogP contribution in [-0.4, -0.2) is 17.4 Å². The molecule has 1 aromatic heterocycles. The summed E-state index contributed by atoms with van der Waals surface area (Å²) in [6.45, 7) is 0.805. The number of hydrogen-bond donors (Lipinski definition) is 2. The highest BCUT2D eigenvalue weighted by molar-refractivity contribution is 6.04. The van der Waals surface area contributed by atoms with E-state index in [1.807, 2.05) is 0 Å². The fourth-order valence-corrected chi connectivity index (χ4v) is 2.89. The van der Waals surface area contributed by atoms with Gasteiger partial charge in [-0.25, -0.2) is 13.8 Å². The van der Waals surface area contributed by atoms with Crippen molar-refractivity contribution >= 4 is 17.4 Å². The van der Waals surface area contributed by atoms with Gasteiger partial charge in [0.15, 0.2) is 11.6 Å². The van der Waals surface area contributed by atoms with Crippen molar-refractivity contribution < 1.29 is 13.6 Å². The molecule has 26 heavy (non-hydrogen) atoms. The number of anilines is 2. The van der Waals surface area contributed by atoms with Crippen LogP contribution in [0.3, 0.4) is 0 Å². The molecular weight excluding hydrogens is 336 g/mol. The van der Waals surface area contributed by atoms with E-state index in [-0.39, 0.29) is 5.69 Å². The average Bonchev–Trinajstić information content (AvgIpc) is 2.66. The maximum absolute atomic E-state index is 13.2. The topological polar surface area (TPSA) is 54.0 Å². The fourth-order valence-electron chi connectivity index (χ4n) is 2.89. The molecule has 0 saturated heterocycles. The zero-order valence-electron chi connectivity index (χ0n) is 14.4. The minimum Gasteiger partial charge on any atom is -0.370 e. The molecule has 3 rings (SSSR count). The van der Waals surface area contributed by atoms with Gasteiger partial charge in [0.25, 0.3) is 5.91 Å². The number of benzene rings is 1. The Kier molecular flexibility index (Phi) is 5.94. The molecular formula is C20H21F2N3O. The van der Waals surface area contributed by atoms with Gasteiger partial charge < -0.3 is 10.6 Å². The molecule has 1 aromatic carbocycles. The number of pyridine rings is 1. The monoisotopic (exact) mass is 357 g/mol. The number of rotatable bonds is 6. The molecule has 2 N–H and O–H groups in total. The van der Waals surface area contributed by atoms with E-state index in [0.717, 1.165) is 25.1 Å². The third-order valence-electron chi connectivity index (χ3n) is 4.34. The lowest BCUT2D eigenvalue weighted by molar-refractivity contribution is 0.102. The summed E-state index contributed by atoms with van der Waals surface area (Å²) in [6.07, 6.45) is 9.69. The Labute approximate surface area is 151 Å². The number of halogens is 2. The lowest BCUT2D eigenvalue weighted by Gasteiger charge is -2.13. The summed E-state index contributed by atoms with van der Waals surface area (Å²) in [5.74, 6) is -1.69. The molecule has 0 radical (unpaired) electrons. The van der Waals surface area contributed by atoms with Gasteiger partial charge in [-0.3, -0.25) is 4.79 Å². The van der Waals surface area contributed by atoms with E-state index < -0.39 is 17.5 Å². The summed E-state index contributed by atoms with van der Waals surface area (Å²) in [4.78, 5) is 16.4. The maximum atomic E-state index is 13.2. The zero-order valence-corrected chi connectivity index (χ0v) is 14.4. The molecule has 136 valence electrons. The Balaban J connectivity index is 1.52. The summed E-state index contributed by atoms with van der Waals surface area (Å²) in [6, 6.07) is 6.59. The number of hydrogen-bond acceptors (Lipinski definition) is 3. The molecule has 1 amide bonds. The largest absolute Gasteiger partial charge is 0.370 e. The van der Waals surface area contributed by atoms with Gasteiger partial charge in [-0.2, -0.15) is 0 Å². The Hall–Kier alpha value is -2.76. The van der Waals surface area contributed by atoms with Crippen molar-refractivity contribution in [2.45, 2.75) is 32.1 Å². The minimum atomic E-state index is -1.01. The second kappa shape index (κ2) is 8.56. The predicted octanol–water partition coefficient (Wildman–Crippen LogP) is 4.91. The van der Waals surface area contributed by atoms with Crippen molar-refractivity contribution in [1.29, 1.82) is 0 Å². The molecule has 4 nitrogen and oxygen atoms in total. The van der Waals surface area contributed by atoms with Crippen LogP contribution in [0.15, 0.2) is 48.2 Å². The number of carbonyl (C=O) groups is 1. The molecule has 2 aromatic rings. The second-order valence-electron chi connectivity index (χ2n) is 6.30. The zero-order chi connectivity index (χ0) is 18.4. The number of nitrogens with one attached hydrogen (secondary N) is 2. The van der Waals surface area contributed by atoms with Crippen molar-refractivity contribution in [2.24, 2.45) is 0 Å². The summed E-state index contributed by atoms with van der Waals surface area (Å²) >= 11 is 0. The molecule has 1 heterocycles. The van der Waals surface area contributed by atoms with Crippen LogP contribution in [0.1, 0.15) is 42.5 Å². The van der Waals surface area contributed by atoms with Crippen molar-refractivity contribution in [3.8, 4) is 0 Å². The van der Waals surface area contributed by atoms with Crippen LogP contribution in [0.2, 0.25) is 0 Å². The molecule has 0 aliphatic heterocycles. The molecule has 1 aliphatic carbocycles. The van der Waals surface area contributed by atoms with Gasteiger partial charge >= 0.3 is 0 Å². The molecule has 0 unspecified atom stereocenters. The third kappa shape index (κ3) is 4.88. The highest BCUT2D eigenvalue weighted by atomic mass is 19.2. The van der Waals surface area contributed by atoms with E-state index >= 15 is 0 Å². The van der Waals surface area contributed by atoms with Crippen molar-refractivity contribution in [3.63, 3.8) is 0 Å². The quantitative estimate of drug-likeness (QED) is 0.722. The molecule has 0 bridgehead atoms. The van der Waals surface area contributed by atoms with Crippen LogP contribution in [0.5, 0.6) is 0 Å². The molecule has 6 heteroatoms. The number of allylic oxidation sites excluding steroid dienone is 1. The smallest absolute Gasteiger partial charge is 0.257 e. The summed E-state index contributed by atoms with van der Waals surface area (Å²) < 4.78 is 26.1. The molecule has 0 spiro atoms. The van der Waals surface area contributed by atoms with Crippen LogP contribution < -0.4 is 10.6 Å². The van der Waals surface area contributed by atoms with Gasteiger partial charge in [-0.05, 0) is 56.4 Å². The van der Waals surface area contributed by atoms with E-state index in [1.165, 1.54) is 43.5 Å². The van der Waals surface area contributed by atoms with Crippen LogP contribution in [-0.2, 0) is 0 Å². The lowest BCUT2D eigenvalue weighted by atomic mass is 9.97. The first-order valence-electron chi connectivity index (χ1n) is 8.76. The second-order valence-corrected chi connectivity index (χ2v) is 6.30. The Bertz CT molecular complexity index is 803. The first-order chi connectivity index (χ1) is 12.6. The standard InChI is InChI=1S/C20H21F2N3O/c21-17-8-7-16(12-18(17)22)25-20(26)15-6-9-19(24-13-15)23-11-10-14-4-2-1-3-5-14/h4,6-9,12-13H,1-3,5,10-11H2,(H,23,24)(H,25,26). The highest BCUT2D eigenvalue weighted by Crippen LogP contribution is 2.20. The Morgan fingerprint density at radius 2 is 2.00 bits per heavy atom. The first kappa shape index (κ1) is 18.0. The van der Waals surface area contributed by atoms with Gasteiger partial charge in [-0.1, -0.05) is 11.6 Å². The summed E-state index contributed by atoms with van der Waals surface area (Å²) in [5, 5.41) is 5.76. The van der Waals surface area contributed by atoms with E-state index in [9.17, 15) is 13.6 Å². The highest BCUT2D eigenvalue weighted by Gasteiger charge is 2.09. The normalized spacial score (nSPS) is 13.8. The summed E-state index contributed by atoms with van der Waals surface area (Å²) in [7, 11) is 0. The van der Waals surface area contributed by atoms with Gasteiger partial charge in [-0.15, -0.1) is 0 Å². The van der Waals surface area contributed by atoms with E-state index in [1.54, 1.807) is 12.1 Å². The number of nitrogens with zero attached hydrogens (tertiary/aromatic N) is 1. The predicted molar refractivity (Wildman–Crippen MR) is 98.2 cm³/mol. The van der Waals surface area contributed by atoms with Gasteiger partial charge in [0.2, 0.25) is 0 Å². The fraction of sp³-hybridized carbons (Fsp3) is 0.300. The van der Waals surface area contributed by atoms with Crippen molar-refractivity contribution in [1.82, 2.24) is 4.98 Å². The van der Waals surface area contributed by atoms with Gasteiger partial charge in [0, 0.05) is 24.5 Å². The summed E-state index contributed by atoms with van der Waals surface area (Å²) in [5.41, 5.74) is 2.03. The van der Waals surface area contributed by atoms with Crippen molar-refractivity contribution in [2.75, 3.05) is 17.2 Å². The van der Waals surface area contributed by atoms with Gasteiger partial charge in [0.1, 0.15) is 5.82 Å². The van der Waals surface area contributed by atoms with Crippen LogP contribution in [0.25, 0.3) is 0 Å². The molecule has 1 aliphatic rings. The maximum Gasteiger partial charge on any atom is 0.257 e. The number of amides is 1. The Morgan fingerprint density at radius 1 is 1.12 bits per heavy atom. The van der Waals surface area contributed by atoms with Crippen LogP contribution >= 0.6 is 0 Å². The van der Waals surface area contributed by atoms with Crippen molar-refractivity contribution in [3.05, 3.63) is 65.4 Å². The minimum absolute atomic E-state index is 0.192. The van der Waals surface area contributed by atoms with E-state index in [0.29, 0.717) is 11.4 Å².